The Morgan fingerprint density at radius 3 is 2.62 bits per heavy atom. The van der Waals surface area contributed by atoms with Gasteiger partial charge in [-0.05, 0) is 46.6 Å². The van der Waals surface area contributed by atoms with E-state index in [9.17, 15) is 4.39 Å². The van der Waals surface area contributed by atoms with E-state index >= 15 is 0 Å². The van der Waals surface area contributed by atoms with Gasteiger partial charge in [-0.15, -0.1) is 0 Å². The summed E-state index contributed by atoms with van der Waals surface area (Å²) in [7, 11) is 0. The van der Waals surface area contributed by atoms with Gasteiger partial charge in [0.1, 0.15) is 12.4 Å². The van der Waals surface area contributed by atoms with E-state index in [-0.39, 0.29) is 5.82 Å². The minimum Gasteiger partial charge on any atom is -0.490 e. The Labute approximate surface area is 140 Å². The van der Waals surface area contributed by atoms with Gasteiger partial charge in [0.05, 0.1) is 11.1 Å². The maximum Gasteiger partial charge on any atom is 0.165 e. The lowest BCUT2D eigenvalue weighted by Gasteiger charge is -2.15. The van der Waals surface area contributed by atoms with Crippen LogP contribution in [0.15, 0.2) is 40.9 Å². The van der Waals surface area contributed by atoms with Crippen LogP contribution in [0.4, 0.5) is 4.39 Å². The van der Waals surface area contributed by atoms with Crippen molar-refractivity contribution in [1.82, 2.24) is 0 Å². The molecule has 0 N–H and O–H groups in total. The first kappa shape index (κ1) is 16.3. The fraction of sp³-hybridized carbons (Fsp3) is 0.250. The lowest BCUT2D eigenvalue weighted by Crippen LogP contribution is -2.02. The highest BCUT2D eigenvalue weighted by Crippen LogP contribution is 2.33. The van der Waals surface area contributed by atoms with Crippen molar-refractivity contribution in [3.63, 3.8) is 0 Å². The van der Waals surface area contributed by atoms with Crippen molar-refractivity contribution < 1.29 is 13.9 Å². The second kappa shape index (κ2) is 7.80. The minimum absolute atomic E-state index is 0.283. The first-order valence-electron chi connectivity index (χ1n) is 6.53. The Hall–Kier alpha value is -1.07. The maximum atomic E-state index is 13.2. The number of hydrogen-bond acceptors (Lipinski definition) is 2. The van der Waals surface area contributed by atoms with Gasteiger partial charge in [-0.1, -0.05) is 34.1 Å². The Bertz CT molecular complexity index is 617. The average molecular weight is 418 g/mol. The van der Waals surface area contributed by atoms with Gasteiger partial charge in [0.15, 0.2) is 11.5 Å². The summed E-state index contributed by atoms with van der Waals surface area (Å²) in [5, 5.41) is 0.677. The molecular weight excluding hydrogens is 403 g/mol. The Balaban J connectivity index is 2.20. The third-order valence-electron chi connectivity index (χ3n) is 2.87. The SMILES string of the molecule is CCOc1cccc(CBr)c1OCc1ccc(F)c(Br)c1. The normalized spacial score (nSPS) is 10.5. The van der Waals surface area contributed by atoms with Crippen molar-refractivity contribution in [2.45, 2.75) is 18.9 Å². The van der Waals surface area contributed by atoms with Gasteiger partial charge >= 0.3 is 0 Å². The predicted octanol–water partition coefficient (Wildman–Crippen LogP) is 5.46. The molecule has 2 aromatic carbocycles. The zero-order chi connectivity index (χ0) is 15.2. The fourth-order valence-corrected chi connectivity index (χ4v) is 2.75. The van der Waals surface area contributed by atoms with Gasteiger partial charge in [-0.25, -0.2) is 4.39 Å². The Morgan fingerprint density at radius 2 is 1.95 bits per heavy atom. The van der Waals surface area contributed by atoms with Gasteiger partial charge in [0.2, 0.25) is 0 Å². The van der Waals surface area contributed by atoms with Crippen LogP contribution in [0.5, 0.6) is 11.5 Å². The van der Waals surface area contributed by atoms with E-state index in [0.29, 0.717) is 23.0 Å². The monoisotopic (exact) mass is 416 g/mol. The second-order valence-corrected chi connectivity index (χ2v) is 5.76. The minimum atomic E-state index is -0.283. The number of ether oxygens (including phenoxy) is 2. The molecule has 2 aromatic rings. The molecule has 5 heteroatoms. The first-order chi connectivity index (χ1) is 10.2. The van der Waals surface area contributed by atoms with E-state index in [2.05, 4.69) is 31.9 Å². The first-order valence-corrected chi connectivity index (χ1v) is 8.44. The molecule has 0 fully saturated rings. The Morgan fingerprint density at radius 1 is 1.14 bits per heavy atom. The van der Waals surface area contributed by atoms with Crippen LogP contribution in [-0.4, -0.2) is 6.61 Å². The lowest BCUT2D eigenvalue weighted by atomic mass is 10.2. The van der Waals surface area contributed by atoms with Gasteiger partial charge in [0.25, 0.3) is 0 Å². The molecule has 21 heavy (non-hydrogen) atoms. The quantitative estimate of drug-likeness (QED) is 0.581. The van der Waals surface area contributed by atoms with Gasteiger partial charge in [0, 0.05) is 10.9 Å². The van der Waals surface area contributed by atoms with Crippen molar-refractivity contribution >= 4 is 31.9 Å². The molecule has 0 unspecified atom stereocenters. The van der Waals surface area contributed by atoms with Crippen LogP contribution in [-0.2, 0) is 11.9 Å². The number of rotatable bonds is 6. The summed E-state index contributed by atoms with van der Waals surface area (Å²) >= 11 is 6.63. The molecule has 0 aliphatic carbocycles. The van der Waals surface area contributed by atoms with Gasteiger partial charge in [-0.3, -0.25) is 0 Å². The zero-order valence-electron chi connectivity index (χ0n) is 11.5. The van der Waals surface area contributed by atoms with Crippen LogP contribution in [0.3, 0.4) is 0 Å². The summed E-state index contributed by atoms with van der Waals surface area (Å²) in [4.78, 5) is 0. The zero-order valence-corrected chi connectivity index (χ0v) is 14.7. The van der Waals surface area contributed by atoms with E-state index in [4.69, 9.17) is 9.47 Å². The molecule has 0 spiro atoms. The molecule has 2 nitrogen and oxygen atoms in total. The predicted molar refractivity (Wildman–Crippen MR) is 88.7 cm³/mol. The van der Waals surface area contributed by atoms with Crippen molar-refractivity contribution in [2.75, 3.05) is 6.61 Å². The topological polar surface area (TPSA) is 18.5 Å². The van der Waals surface area contributed by atoms with E-state index in [1.165, 1.54) is 6.07 Å². The molecule has 0 saturated carbocycles. The van der Waals surface area contributed by atoms with Crippen molar-refractivity contribution in [1.29, 1.82) is 0 Å². The molecule has 2 rings (SSSR count). The molecule has 0 aliphatic heterocycles. The Kier molecular flexibility index (Phi) is 6.06. The van der Waals surface area contributed by atoms with E-state index in [1.54, 1.807) is 12.1 Å². The number of halogens is 3. The third kappa shape index (κ3) is 4.20. The largest absolute Gasteiger partial charge is 0.490 e. The molecule has 0 amide bonds. The smallest absolute Gasteiger partial charge is 0.165 e. The van der Waals surface area contributed by atoms with Crippen molar-refractivity contribution in [3.05, 3.63) is 57.8 Å². The number of hydrogen-bond donors (Lipinski definition) is 0. The summed E-state index contributed by atoms with van der Waals surface area (Å²) in [5.74, 6) is 1.15. The summed E-state index contributed by atoms with van der Waals surface area (Å²) in [5.41, 5.74) is 1.90. The molecule has 0 aromatic heterocycles. The highest BCUT2D eigenvalue weighted by Gasteiger charge is 2.11. The molecule has 0 heterocycles. The van der Waals surface area contributed by atoms with Crippen LogP contribution >= 0.6 is 31.9 Å². The molecule has 0 atom stereocenters. The van der Waals surface area contributed by atoms with Crippen LogP contribution in [0.25, 0.3) is 0 Å². The third-order valence-corrected chi connectivity index (χ3v) is 4.08. The van der Waals surface area contributed by atoms with Crippen molar-refractivity contribution in [3.8, 4) is 11.5 Å². The van der Waals surface area contributed by atoms with E-state index in [0.717, 1.165) is 22.6 Å². The molecule has 0 aliphatic rings. The van der Waals surface area contributed by atoms with Crippen LogP contribution < -0.4 is 9.47 Å². The highest BCUT2D eigenvalue weighted by atomic mass is 79.9. The average Bonchev–Trinajstić information content (AvgIpc) is 2.49. The molecular formula is C16H15Br2FO2. The highest BCUT2D eigenvalue weighted by molar-refractivity contribution is 9.10. The maximum absolute atomic E-state index is 13.2. The summed E-state index contributed by atoms with van der Waals surface area (Å²) in [6.45, 7) is 2.86. The van der Waals surface area contributed by atoms with Crippen molar-refractivity contribution in [2.24, 2.45) is 0 Å². The molecule has 0 radical (unpaired) electrons. The standard InChI is InChI=1S/C16H15Br2FO2/c1-2-20-15-5-3-4-12(9-17)16(15)21-10-11-6-7-14(19)13(18)8-11/h3-8H,2,9-10H2,1H3. The van der Waals surface area contributed by atoms with Crippen LogP contribution in [0, 0.1) is 5.82 Å². The number of alkyl halides is 1. The second-order valence-electron chi connectivity index (χ2n) is 4.35. The molecule has 0 saturated heterocycles. The van der Waals surface area contributed by atoms with E-state index < -0.39 is 0 Å². The lowest BCUT2D eigenvalue weighted by molar-refractivity contribution is 0.267. The molecule has 112 valence electrons. The summed E-state index contributed by atoms with van der Waals surface area (Å²) < 4.78 is 25.2. The fourth-order valence-electron chi connectivity index (χ4n) is 1.88. The van der Waals surface area contributed by atoms with Crippen LogP contribution in [0.2, 0.25) is 0 Å². The van der Waals surface area contributed by atoms with Gasteiger partial charge in [-0.2, -0.15) is 0 Å². The van der Waals surface area contributed by atoms with E-state index in [1.807, 2.05) is 25.1 Å². The number of benzene rings is 2. The summed E-state index contributed by atoms with van der Waals surface area (Å²) in [6, 6.07) is 10.6. The molecule has 0 bridgehead atoms. The van der Waals surface area contributed by atoms with Gasteiger partial charge < -0.3 is 9.47 Å². The summed E-state index contributed by atoms with van der Waals surface area (Å²) in [6.07, 6.45) is 0. The van der Waals surface area contributed by atoms with Crippen LogP contribution in [0.1, 0.15) is 18.1 Å². The number of para-hydroxylation sites is 1.